The predicted molar refractivity (Wildman–Crippen MR) is 261 cm³/mol. The van der Waals surface area contributed by atoms with Gasteiger partial charge in [0.15, 0.2) is 0 Å². The van der Waals surface area contributed by atoms with Gasteiger partial charge in [0.05, 0.1) is 56.2 Å². The first-order valence-electron chi connectivity index (χ1n) is 21.9. The van der Waals surface area contributed by atoms with Crippen LogP contribution in [0, 0.1) is 25.2 Å². The molecule has 9 aromatic carbocycles. The van der Waals surface area contributed by atoms with E-state index in [1.54, 1.807) is 18.2 Å². The summed E-state index contributed by atoms with van der Waals surface area (Å²) in [5.41, 5.74) is 7.66. The summed E-state index contributed by atoms with van der Waals surface area (Å²) in [6.07, 6.45) is -10.2. The molecule has 0 N–H and O–H groups in total. The molecule has 0 atom stereocenters. The molecular formula is C59H37F6N3. The van der Waals surface area contributed by atoms with E-state index in [2.05, 4.69) is 47.0 Å². The average molecular weight is 902 g/mol. The molecule has 0 bridgehead atoms. The lowest BCUT2D eigenvalue weighted by atomic mass is 9.90. The highest BCUT2D eigenvalue weighted by molar-refractivity contribution is 6.13. The maximum atomic E-state index is 14.9. The number of benzene rings is 9. The summed E-state index contributed by atoms with van der Waals surface area (Å²) < 4.78 is 93.5. The number of fused-ring (bicyclic) bond motifs is 6. The molecule has 0 amide bonds. The van der Waals surface area contributed by atoms with Gasteiger partial charge in [0.25, 0.3) is 0 Å². The van der Waals surface area contributed by atoms with Crippen molar-refractivity contribution in [1.29, 1.82) is 5.26 Å². The molecule has 0 aliphatic rings. The molecule has 0 aliphatic carbocycles. The number of rotatable bonds is 6. The predicted octanol–water partition coefficient (Wildman–Crippen LogP) is 17.1. The lowest BCUT2D eigenvalue weighted by Crippen LogP contribution is -2.14. The van der Waals surface area contributed by atoms with Gasteiger partial charge in [0, 0.05) is 38.2 Å². The summed E-state index contributed by atoms with van der Waals surface area (Å²) in [7, 11) is 0. The molecule has 330 valence electrons. The summed E-state index contributed by atoms with van der Waals surface area (Å²) >= 11 is 0. The molecule has 11 rings (SSSR count). The van der Waals surface area contributed by atoms with Crippen LogP contribution in [-0.2, 0) is 12.4 Å². The Labute approximate surface area is 387 Å². The van der Waals surface area contributed by atoms with Crippen LogP contribution in [0.1, 0.15) is 27.8 Å². The fourth-order valence-electron chi connectivity index (χ4n) is 9.92. The largest absolute Gasteiger partial charge is 0.417 e. The zero-order chi connectivity index (χ0) is 47.1. The van der Waals surface area contributed by atoms with E-state index < -0.39 is 29.0 Å². The third kappa shape index (κ3) is 7.08. The second-order valence-electron chi connectivity index (χ2n) is 17.2. The highest BCUT2D eigenvalue weighted by Gasteiger charge is 2.41. The van der Waals surface area contributed by atoms with Crippen LogP contribution in [0.4, 0.5) is 26.3 Å². The normalized spacial score (nSPS) is 12.1. The number of alkyl halides is 6. The van der Waals surface area contributed by atoms with E-state index in [9.17, 15) is 31.6 Å². The Balaban J connectivity index is 1.24. The second-order valence-corrected chi connectivity index (χ2v) is 17.2. The quantitative estimate of drug-likeness (QED) is 0.153. The molecule has 11 aromatic rings. The Morgan fingerprint density at radius 2 is 0.809 bits per heavy atom. The van der Waals surface area contributed by atoms with Gasteiger partial charge in [-0.05, 0) is 108 Å². The standard InChI is InChI=1S/C59H37F6N3/c1-35-10-7-12-38(28-35)40-22-26-53-47(31-40)43-14-3-5-18-51(43)67(53)55-30-37(34-66)20-24-45(55)46-25-21-42(57-49(58(60,61)62)16-9-17-50(57)59(63,64)65)33-56(46)68-52-19-6-4-15-44(52)48-32-41(23-27-54(48)68)39-13-8-11-36(2)29-39/h3-33H,1-2H3. The van der Waals surface area contributed by atoms with Gasteiger partial charge in [-0.25, -0.2) is 0 Å². The maximum Gasteiger partial charge on any atom is 0.417 e. The van der Waals surface area contributed by atoms with E-state index in [0.29, 0.717) is 51.2 Å². The third-order valence-electron chi connectivity index (χ3n) is 12.9. The van der Waals surface area contributed by atoms with Crippen molar-refractivity contribution in [3.8, 4) is 62.0 Å². The summed E-state index contributed by atoms with van der Waals surface area (Å²) in [5, 5.41) is 14.0. The number of hydrogen-bond donors (Lipinski definition) is 0. The van der Waals surface area contributed by atoms with Crippen LogP contribution < -0.4 is 0 Å². The van der Waals surface area contributed by atoms with E-state index in [4.69, 9.17) is 0 Å². The number of aromatic nitrogens is 2. The van der Waals surface area contributed by atoms with Crippen molar-refractivity contribution in [1.82, 2.24) is 9.13 Å². The van der Waals surface area contributed by atoms with Crippen molar-refractivity contribution in [3.05, 3.63) is 216 Å². The first-order chi connectivity index (χ1) is 32.8. The van der Waals surface area contributed by atoms with Crippen molar-refractivity contribution >= 4 is 43.6 Å². The average Bonchev–Trinajstić information content (AvgIpc) is 3.85. The monoisotopic (exact) mass is 901 g/mol. The van der Waals surface area contributed by atoms with Crippen LogP contribution in [0.3, 0.4) is 0 Å². The van der Waals surface area contributed by atoms with Gasteiger partial charge in [-0.2, -0.15) is 31.6 Å². The van der Waals surface area contributed by atoms with Crippen molar-refractivity contribution < 1.29 is 26.3 Å². The topological polar surface area (TPSA) is 33.6 Å². The number of aryl methyl sites for hydroxylation is 2. The van der Waals surface area contributed by atoms with Crippen molar-refractivity contribution in [3.63, 3.8) is 0 Å². The lowest BCUT2D eigenvalue weighted by Gasteiger charge is -2.22. The van der Waals surface area contributed by atoms with E-state index in [-0.39, 0.29) is 5.56 Å². The zero-order valence-electron chi connectivity index (χ0n) is 36.5. The Bertz CT molecular complexity index is 3850. The third-order valence-corrected chi connectivity index (χ3v) is 12.9. The van der Waals surface area contributed by atoms with E-state index in [1.165, 1.54) is 12.1 Å². The van der Waals surface area contributed by atoms with Gasteiger partial charge in [-0.1, -0.05) is 132 Å². The molecule has 0 saturated carbocycles. The highest BCUT2D eigenvalue weighted by atomic mass is 19.4. The van der Waals surface area contributed by atoms with Gasteiger partial charge in [-0.3, -0.25) is 0 Å². The number of halogens is 6. The van der Waals surface area contributed by atoms with Gasteiger partial charge >= 0.3 is 12.4 Å². The van der Waals surface area contributed by atoms with Gasteiger partial charge in [0.1, 0.15) is 0 Å². The van der Waals surface area contributed by atoms with Crippen LogP contribution in [0.15, 0.2) is 188 Å². The molecule has 68 heavy (non-hydrogen) atoms. The summed E-state index contributed by atoms with van der Waals surface area (Å²) in [5.74, 6) is 0. The highest BCUT2D eigenvalue weighted by Crippen LogP contribution is 2.48. The van der Waals surface area contributed by atoms with Crippen molar-refractivity contribution in [2.24, 2.45) is 0 Å². The Hall–Kier alpha value is -8.35. The molecule has 0 fully saturated rings. The molecule has 3 nitrogen and oxygen atoms in total. The van der Waals surface area contributed by atoms with Gasteiger partial charge in [-0.15, -0.1) is 0 Å². The first kappa shape index (κ1) is 42.3. The van der Waals surface area contributed by atoms with Gasteiger partial charge in [0.2, 0.25) is 0 Å². The molecule has 2 heterocycles. The van der Waals surface area contributed by atoms with E-state index >= 15 is 0 Å². The maximum absolute atomic E-state index is 14.9. The summed E-state index contributed by atoms with van der Waals surface area (Å²) in [4.78, 5) is 0. The van der Waals surface area contributed by atoms with E-state index in [1.807, 2.05) is 122 Å². The van der Waals surface area contributed by atoms with Crippen LogP contribution in [0.5, 0.6) is 0 Å². The summed E-state index contributed by atoms with van der Waals surface area (Å²) in [6.45, 7) is 4.06. The molecule has 0 aliphatic heterocycles. The molecule has 2 aromatic heterocycles. The second kappa shape index (κ2) is 15.9. The Morgan fingerprint density at radius 3 is 1.29 bits per heavy atom. The number of nitrogens with zero attached hydrogens (tertiary/aromatic N) is 3. The molecule has 0 saturated heterocycles. The first-order valence-corrected chi connectivity index (χ1v) is 21.9. The van der Waals surface area contributed by atoms with Crippen LogP contribution in [0.25, 0.3) is 99.5 Å². The smallest absolute Gasteiger partial charge is 0.309 e. The fourth-order valence-corrected chi connectivity index (χ4v) is 9.92. The molecule has 0 unspecified atom stereocenters. The van der Waals surface area contributed by atoms with Crippen molar-refractivity contribution in [2.75, 3.05) is 0 Å². The van der Waals surface area contributed by atoms with Crippen LogP contribution >= 0.6 is 0 Å². The number of para-hydroxylation sites is 2. The number of hydrogen-bond acceptors (Lipinski definition) is 1. The summed E-state index contributed by atoms with van der Waals surface area (Å²) in [6, 6.07) is 58.3. The Morgan fingerprint density at radius 1 is 0.382 bits per heavy atom. The van der Waals surface area contributed by atoms with Crippen molar-refractivity contribution in [2.45, 2.75) is 26.2 Å². The molecular weight excluding hydrogens is 865 g/mol. The SMILES string of the molecule is Cc1cccc(-c2ccc3c(c2)c2ccccc2n3-c2cc(C#N)ccc2-c2ccc(-c3c(C(F)(F)F)cccc3C(F)(F)F)cc2-n2c3ccccc3c3cc(-c4cccc(C)c4)ccc32)c1. The Kier molecular flexibility index (Phi) is 9.90. The van der Waals surface area contributed by atoms with Gasteiger partial charge < -0.3 is 9.13 Å². The minimum absolute atomic E-state index is 0.262. The van der Waals surface area contributed by atoms with Crippen LogP contribution in [0.2, 0.25) is 0 Å². The minimum Gasteiger partial charge on any atom is -0.309 e. The number of nitriles is 1. The molecule has 0 radical (unpaired) electrons. The van der Waals surface area contributed by atoms with Crippen LogP contribution in [-0.4, -0.2) is 9.13 Å². The molecule has 9 heteroatoms. The minimum atomic E-state index is -5.11. The fraction of sp³-hybridized carbons (Fsp3) is 0.0678. The lowest BCUT2D eigenvalue weighted by molar-refractivity contribution is -0.142. The zero-order valence-corrected chi connectivity index (χ0v) is 36.5. The molecule has 0 spiro atoms. The van der Waals surface area contributed by atoms with E-state index in [0.717, 1.165) is 72.0 Å².